The maximum Gasteiger partial charge on any atom is 0.401 e. The molecule has 0 aliphatic carbocycles. The fourth-order valence-corrected chi connectivity index (χ4v) is 3.08. The molecule has 0 radical (unpaired) electrons. The van der Waals surface area contributed by atoms with E-state index in [1.54, 1.807) is 0 Å². The minimum atomic E-state index is -4.45. The van der Waals surface area contributed by atoms with Gasteiger partial charge in [0.2, 0.25) is 0 Å². The van der Waals surface area contributed by atoms with Crippen molar-refractivity contribution >= 4 is 21.4 Å². The molecule has 0 amide bonds. The fourth-order valence-electron chi connectivity index (χ4n) is 1.67. The molecular formula is C12H15ClF3NO3S. The van der Waals surface area contributed by atoms with E-state index in [0.29, 0.717) is 5.02 Å². The average Bonchev–Trinajstić information content (AvgIpc) is 2.35. The first-order chi connectivity index (χ1) is 9.64. The van der Waals surface area contributed by atoms with Crippen molar-refractivity contribution in [1.29, 1.82) is 0 Å². The monoisotopic (exact) mass is 345 g/mol. The lowest BCUT2D eigenvalue weighted by molar-refractivity contribution is -0.146. The molecule has 0 atom stereocenters. The van der Waals surface area contributed by atoms with Gasteiger partial charge in [-0.2, -0.15) is 13.2 Å². The van der Waals surface area contributed by atoms with Gasteiger partial charge in [-0.15, -0.1) is 0 Å². The van der Waals surface area contributed by atoms with Crippen molar-refractivity contribution in [3.63, 3.8) is 0 Å². The zero-order valence-electron chi connectivity index (χ0n) is 11.0. The van der Waals surface area contributed by atoms with Crippen LogP contribution in [0, 0.1) is 0 Å². The number of halogens is 4. The third-order valence-electron chi connectivity index (χ3n) is 2.67. The number of hydrogen-bond donors (Lipinski definition) is 1. The van der Waals surface area contributed by atoms with Crippen molar-refractivity contribution in [2.45, 2.75) is 11.1 Å². The number of benzene rings is 1. The van der Waals surface area contributed by atoms with E-state index < -0.39 is 34.9 Å². The van der Waals surface area contributed by atoms with Crippen molar-refractivity contribution in [3.05, 3.63) is 29.3 Å². The average molecular weight is 346 g/mol. The SMILES string of the molecule is O=S(=O)(CCN(CCO)CC(F)(F)F)c1ccc(Cl)cc1. The third kappa shape index (κ3) is 6.64. The molecule has 0 spiro atoms. The smallest absolute Gasteiger partial charge is 0.395 e. The highest BCUT2D eigenvalue weighted by Gasteiger charge is 2.31. The van der Waals surface area contributed by atoms with E-state index in [0.717, 1.165) is 4.90 Å². The summed E-state index contributed by atoms with van der Waals surface area (Å²) < 4.78 is 61.0. The molecule has 0 bridgehead atoms. The molecule has 0 saturated heterocycles. The largest absolute Gasteiger partial charge is 0.401 e. The van der Waals surface area contributed by atoms with Gasteiger partial charge in [-0.05, 0) is 24.3 Å². The van der Waals surface area contributed by atoms with Crippen molar-refractivity contribution in [2.75, 3.05) is 32.0 Å². The molecule has 0 saturated carbocycles. The number of hydrogen-bond acceptors (Lipinski definition) is 4. The molecule has 0 aliphatic heterocycles. The predicted octanol–water partition coefficient (Wildman–Crippen LogP) is 1.97. The van der Waals surface area contributed by atoms with Crippen LogP contribution in [-0.2, 0) is 9.84 Å². The van der Waals surface area contributed by atoms with Crippen LogP contribution < -0.4 is 0 Å². The zero-order valence-corrected chi connectivity index (χ0v) is 12.5. The molecule has 0 heterocycles. The summed E-state index contributed by atoms with van der Waals surface area (Å²) in [5.74, 6) is -0.468. The normalized spacial score (nSPS) is 12.9. The molecule has 120 valence electrons. The molecule has 21 heavy (non-hydrogen) atoms. The second-order valence-corrected chi connectivity index (χ2v) is 6.93. The van der Waals surface area contributed by atoms with Gasteiger partial charge in [-0.3, -0.25) is 4.90 Å². The first-order valence-electron chi connectivity index (χ1n) is 6.02. The van der Waals surface area contributed by atoms with Crippen LogP contribution in [0.3, 0.4) is 0 Å². The number of rotatable bonds is 7. The van der Waals surface area contributed by atoms with Crippen LogP contribution in [0.2, 0.25) is 5.02 Å². The summed E-state index contributed by atoms with van der Waals surface area (Å²) in [7, 11) is -3.70. The Labute approximate surface area is 126 Å². The van der Waals surface area contributed by atoms with E-state index in [9.17, 15) is 21.6 Å². The van der Waals surface area contributed by atoms with E-state index in [4.69, 9.17) is 16.7 Å². The van der Waals surface area contributed by atoms with Crippen LogP contribution in [-0.4, -0.2) is 56.6 Å². The lowest BCUT2D eigenvalue weighted by Crippen LogP contribution is -2.39. The summed E-state index contributed by atoms with van der Waals surface area (Å²) in [5, 5.41) is 9.11. The van der Waals surface area contributed by atoms with Crippen LogP contribution in [0.1, 0.15) is 0 Å². The molecule has 1 aromatic rings. The highest BCUT2D eigenvalue weighted by atomic mass is 35.5. The summed E-state index contributed by atoms with van der Waals surface area (Å²) in [6, 6.07) is 5.40. The van der Waals surface area contributed by atoms with Crippen LogP contribution in [0.15, 0.2) is 29.2 Å². The van der Waals surface area contributed by atoms with Crippen LogP contribution in [0.4, 0.5) is 13.2 Å². The number of sulfone groups is 1. The number of alkyl halides is 3. The van der Waals surface area contributed by atoms with Gasteiger partial charge >= 0.3 is 6.18 Å². The van der Waals surface area contributed by atoms with Gasteiger partial charge in [-0.1, -0.05) is 11.6 Å². The third-order valence-corrected chi connectivity index (χ3v) is 4.63. The summed E-state index contributed by atoms with van der Waals surface area (Å²) in [6.07, 6.45) is -4.45. The minimum Gasteiger partial charge on any atom is -0.395 e. The molecule has 1 rings (SSSR count). The van der Waals surface area contributed by atoms with Crippen molar-refractivity contribution in [3.8, 4) is 0 Å². The van der Waals surface area contributed by atoms with Crippen LogP contribution >= 0.6 is 11.6 Å². The van der Waals surface area contributed by atoms with Gasteiger partial charge in [0.1, 0.15) is 0 Å². The molecular weight excluding hydrogens is 331 g/mol. The topological polar surface area (TPSA) is 57.6 Å². The molecule has 1 N–H and O–H groups in total. The first kappa shape index (κ1) is 18.2. The van der Waals surface area contributed by atoms with E-state index in [-0.39, 0.29) is 18.0 Å². The first-order valence-corrected chi connectivity index (χ1v) is 8.05. The summed E-state index contributed by atoms with van der Waals surface area (Å²) in [4.78, 5) is 0.857. The second-order valence-electron chi connectivity index (χ2n) is 4.39. The number of aliphatic hydroxyl groups excluding tert-OH is 1. The van der Waals surface area contributed by atoms with E-state index in [2.05, 4.69) is 0 Å². The lowest BCUT2D eigenvalue weighted by atomic mass is 10.4. The van der Waals surface area contributed by atoms with Crippen molar-refractivity contribution in [2.24, 2.45) is 0 Å². The van der Waals surface area contributed by atoms with Gasteiger partial charge < -0.3 is 5.11 Å². The molecule has 1 aromatic carbocycles. The molecule has 9 heteroatoms. The predicted molar refractivity (Wildman–Crippen MR) is 73.1 cm³/mol. The number of aliphatic hydroxyl groups is 1. The number of nitrogens with zero attached hydrogens (tertiary/aromatic N) is 1. The van der Waals surface area contributed by atoms with Crippen LogP contribution in [0.5, 0.6) is 0 Å². The molecule has 0 unspecified atom stereocenters. The highest BCUT2D eigenvalue weighted by molar-refractivity contribution is 7.91. The Hall–Kier alpha value is -0.830. The zero-order chi connectivity index (χ0) is 16.1. The van der Waals surface area contributed by atoms with Gasteiger partial charge in [0.25, 0.3) is 0 Å². The fraction of sp³-hybridized carbons (Fsp3) is 0.500. The maximum atomic E-state index is 12.3. The Morgan fingerprint density at radius 2 is 1.71 bits per heavy atom. The van der Waals surface area contributed by atoms with Gasteiger partial charge in [-0.25, -0.2) is 8.42 Å². The van der Waals surface area contributed by atoms with E-state index in [1.807, 2.05) is 0 Å². The minimum absolute atomic E-state index is 0.00265. The summed E-state index contributed by atoms with van der Waals surface area (Å²) in [6.45, 7) is -2.29. The lowest BCUT2D eigenvalue weighted by Gasteiger charge is -2.22. The molecule has 4 nitrogen and oxygen atoms in total. The Bertz CT molecular complexity index is 546. The Morgan fingerprint density at radius 1 is 1.14 bits per heavy atom. The molecule has 0 aliphatic rings. The van der Waals surface area contributed by atoms with Gasteiger partial charge in [0.05, 0.1) is 23.8 Å². The summed E-state index contributed by atoms with van der Waals surface area (Å²) >= 11 is 5.65. The van der Waals surface area contributed by atoms with Gasteiger partial charge in [0.15, 0.2) is 9.84 Å². The van der Waals surface area contributed by atoms with Crippen LogP contribution in [0.25, 0.3) is 0 Å². The maximum absolute atomic E-state index is 12.3. The van der Waals surface area contributed by atoms with Crippen molar-refractivity contribution in [1.82, 2.24) is 4.90 Å². The molecule has 0 aromatic heterocycles. The molecule has 0 fully saturated rings. The Morgan fingerprint density at radius 3 is 2.19 bits per heavy atom. The highest BCUT2D eigenvalue weighted by Crippen LogP contribution is 2.18. The van der Waals surface area contributed by atoms with Gasteiger partial charge in [0, 0.05) is 18.1 Å². The van der Waals surface area contributed by atoms with Crippen molar-refractivity contribution < 1.29 is 26.7 Å². The Kier molecular flexibility index (Phi) is 6.45. The standard InChI is InChI=1S/C12H15ClF3NO3S/c13-10-1-3-11(4-2-10)21(19,20)8-6-17(5-7-18)9-12(14,15)16/h1-4,18H,5-9H2. The van der Waals surface area contributed by atoms with E-state index in [1.165, 1.54) is 24.3 Å². The summed E-state index contributed by atoms with van der Waals surface area (Å²) in [5.41, 5.74) is 0. The van der Waals surface area contributed by atoms with E-state index >= 15 is 0 Å². The Balaban J connectivity index is 2.71. The second kappa shape index (κ2) is 7.44. The quantitative estimate of drug-likeness (QED) is 0.821.